The molecule has 0 saturated heterocycles. The summed E-state index contributed by atoms with van der Waals surface area (Å²) in [5, 5.41) is 1.71. The Morgan fingerprint density at radius 1 is 1.16 bits per heavy atom. The summed E-state index contributed by atoms with van der Waals surface area (Å²) in [5.41, 5.74) is -0.548. The van der Waals surface area contributed by atoms with Crippen LogP contribution in [-0.2, 0) is 0 Å². The molecule has 2 aromatic rings. The molecule has 2 rings (SSSR count). The fraction of sp³-hybridized carbons (Fsp3) is 0. The van der Waals surface area contributed by atoms with Crippen molar-refractivity contribution in [3.05, 3.63) is 58.5 Å². The average molecular weight is 287 g/mol. The largest absolute Gasteiger partial charge is 0.306 e. The Hall–Kier alpha value is -2.08. The van der Waals surface area contributed by atoms with Gasteiger partial charge in [0.1, 0.15) is 17.5 Å². The average Bonchev–Trinajstić information content (AvgIpc) is 2.33. The van der Waals surface area contributed by atoms with Crippen LogP contribution in [0.4, 0.5) is 19.0 Å². The fourth-order valence-electron chi connectivity index (χ4n) is 1.36. The lowest BCUT2D eigenvalue weighted by Crippen LogP contribution is -2.15. The minimum absolute atomic E-state index is 0.111. The van der Waals surface area contributed by atoms with Gasteiger partial charge in [-0.2, -0.15) is 4.39 Å². The number of benzene rings is 1. The highest BCUT2D eigenvalue weighted by molar-refractivity contribution is 6.30. The second kappa shape index (κ2) is 5.27. The van der Waals surface area contributed by atoms with Crippen molar-refractivity contribution in [2.24, 2.45) is 0 Å². The van der Waals surface area contributed by atoms with E-state index in [9.17, 15) is 18.0 Å². The Morgan fingerprint density at radius 3 is 2.58 bits per heavy atom. The van der Waals surface area contributed by atoms with E-state index in [0.29, 0.717) is 12.1 Å². The van der Waals surface area contributed by atoms with Crippen molar-refractivity contribution < 1.29 is 18.0 Å². The number of aromatic nitrogens is 1. The zero-order chi connectivity index (χ0) is 14.0. The lowest BCUT2D eigenvalue weighted by molar-refractivity contribution is 0.102. The van der Waals surface area contributed by atoms with Gasteiger partial charge in [0.15, 0.2) is 0 Å². The van der Waals surface area contributed by atoms with Gasteiger partial charge in [-0.25, -0.2) is 13.8 Å². The van der Waals surface area contributed by atoms with Gasteiger partial charge in [-0.3, -0.25) is 4.79 Å². The van der Waals surface area contributed by atoms with Crippen LogP contribution < -0.4 is 5.32 Å². The van der Waals surface area contributed by atoms with Crippen molar-refractivity contribution in [1.82, 2.24) is 4.98 Å². The number of nitrogens with one attached hydrogen (secondary N) is 1. The molecule has 1 heterocycles. The monoisotopic (exact) mass is 286 g/mol. The summed E-state index contributed by atoms with van der Waals surface area (Å²) in [4.78, 5) is 15.1. The number of amides is 1. The van der Waals surface area contributed by atoms with Crippen LogP contribution in [-0.4, -0.2) is 10.9 Å². The molecule has 0 atom stereocenters. The van der Waals surface area contributed by atoms with Crippen LogP contribution in [0.25, 0.3) is 0 Å². The van der Waals surface area contributed by atoms with E-state index in [-0.39, 0.29) is 5.82 Å². The molecule has 0 aliphatic heterocycles. The van der Waals surface area contributed by atoms with Crippen LogP contribution in [0.2, 0.25) is 5.02 Å². The highest BCUT2D eigenvalue weighted by Gasteiger charge is 2.16. The van der Waals surface area contributed by atoms with Gasteiger partial charge >= 0.3 is 0 Å². The lowest BCUT2D eigenvalue weighted by Gasteiger charge is -2.06. The van der Waals surface area contributed by atoms with Crippen LogP contribution in [0.1, 0.15) is 10.4 Å². The van der Waals surface area contributed by atoms with Gasteiger partial charge in [0.25, 0.3) is 5.91 Å². The number of halogens is 4. The maximum atomic E-state index is 13.5. The Kier molecular flexibility index (Phi) is 3.71. The first kappa shape index (κ1) is 13.4. The molecule has 1 N–H and O–H groups in total. The molecule has 0 aliphatic carbocycles. The van der Waals surface area contributed by atoms with Crippen LogP contribution in [0.3, 0.4) is 0 Å². The number of rotatable bonds is 2. The number of pyridine rings is 1. The third kappa shape index (κ3) is 3.03. The van der Waals surface area contributed by atoms with Crippen molar-refractivity contribution in [3.8, 4) is 0 Å². The van der Waals surface area contributed by atoms with E-state index in [0.717, 1.165) is 6.07 Å². The summed E-state index contributed by atoms with van der Waals surface area (Å²) in [6.07, 6.45) is 0. The smallest absolute Gasteiger partial charge is 0.259 e. The van der Waals surface area contributed by atoms with Crippen molar-refractivity contribution >= 4 is 23.3 Å². The van der Waals surface area contributed by atoms with Gasteiger partial charge in [0.2, 0.25) is 5.95 Å². The Morgan fingerprint density at radius 2 is 1.89 bits per heavy atom. The van der Waals surface area contributed by atoms with Crippen LogP contribution in [0.5, 0.6) is 0 Å². The van der Waals surface area contributed by atoms with Crippen molar-refractivity contribution in [1.29, 1.82) is 0 Å². The highest BCUT2D eigenvalue weighted by atomic mass is 35.5. The van der Waals surface area contributed by atoms with E-state index < -0.39 is 34.1 Å². The first-order chi connectivity index (χ1) is 8.97. The number of carbonyl (C=O) groups excluding carboxylic acids is 1. The Balaban J connectivity index is 2.28. The number of hydrogen-bond donors (Lipinski definition) is 1. The van der Waals surface area contributed by atoms with E-state index in [4.69, 9.17) is 11.6 Å². The van der Waals surface area contributed by atoms with Gasteiger partial charge in [-0.05, 0) is 24.3 Å². The minimum Gasteiger partial charge on any atom is -0.306 e. The molecule has 1 aromatic heterocycles. The van der Waals surface area contributed by atoms with Crippen molar-refractivity contribution in [2.45, 2.75) is 0 Å². The second-order valence-corrected chi connectivity index (χ2v) is 3.95. The number of anilines is 1. The number of hydrogen-bond acceptors (Lipinski definition) is 2. The molecule has 1 aromatic carbocycles. The van der Waals surface area contributed by atoms with E-state index in [1.807, 2.05) is 0 Å². The first-order valence-corrected chi connectivity index (χ1v) is 5.43. The number of nitrogens with zero attached hydrogens (tertiary/aromatic N) is 1. The predicted octanol–water partition coefficient (Wildman–Crippen LogP) is 3.40. The molecule has 0 radical (unpaired) electrons. The quantitative estimate of drug-likeness (QED) is 0.679. The van der Waals surface area contributed by atoms with Gasteiger partial charge < -0.3 is 5.32 Å². The minimum atomic E-state index is -0.986. The Bertz CT molecular complexity index is 649. The maximum Gasteiger partial charge on any atom is 0.259 e. The molecule has 0 aliphatic rings. The molecule has 0 fully saturated rings. The molecule has 98 valence electrons. The Labute approximate surface area is 111 Å². The van der Waals surface area contributed by atoms with Gasteiger partial charge in [0, 0.05) is 0 Å². The summed E-state index contributed by atoms with van der Waals surface area (Å²) in [6.45, 7) is 0. The first-order valence-electron chi connectivity index (χ1n) is 5.06. The summed E-state index contributed by atoms with van der Waals surface area (Å²) < 4.78 is 39.4. The molecule has 0 saturated carbocycles. The maximum absolute atomic E-state index is 13.5. The van der Waals surface area contributed by atoms with Crippen LogP contribution in [0.15, 0.2) is 30.3 Å². The van der Waals surface area contributed by atoms with E-state index >= 15 is 0 Å². The molecular weight excluding hydrogens is 281 g/mol. The third-order valence-electron chi connectivity index (χ3n) is 2.21. The summed E-state index contributed by atoms with van der Waals surface area (Å²) in [5.74, 6) is -3.78. The van der Waals surface area contributed by atoms with Gasteiger partial charge in [-0.1, -0.05) is 17.7 Å². The normalized spacial score (nSPS) is 10.3. The van der Waals surface area contributed by atoms with Crippen molar-refractivity contribution in [2.75, 3.05) is 5.32 Å². The molecule has 0 spiro atoms. The van der Waals surface area contributed by atoms with Crippen molar-refractivity contribution in [3.63, 3.8) is 0 Å². The van der Waals surface area contributed by atoms with Gasteiger partial charge in [0.05, 0.1) is 10.6 Å². The molecule has 19 heavy (non-hydrogen) atoms. The highest BCUT2D eigenvalue weighted by Crippen LogP contribution is 2.20. The standard InChI is InChI=1S/C12H6ClF3N2O/c13-7-5-8(14)6(4-9(7)15)12(19)18-11-3-1-2-10(16)17-11/h1-5H,(H,17,18,19). The van der Waals surface area contributed by atoms with Crippen LogP contribution in [0, 0.1) is 17.6 Å². The lowest BCUT2D eigenvalue weighted by atomic mass is 10.2. The summed E-state index contributed by atoms with van der Waals surface area (Å²) in [6, 6.07) is 5.05. The summed E-state index contributed by atoms with van der Waals surface area (Å²) >= 11 is 5.36. The summed E-state index contributed by atoms with van der Waals surface area (Å²) in [7, 11) is 0. The molecule has 0 unspecified atom stereocenters. The molecule has 7 heteroatoms. The SMILES string of the molecule is O=C(Nc1cccc(F)n1)c1cc(F)c(Cl)cc1F. The zero-order valence-corrected chi connectivity index (χ0v) is 10.0. The number of carbonyl (C=O) groups is 1. The molecular formula is C12H6ClF3N2O. The molecule has 1 amide bonds. The van der Waals surface area contributed by atoms with E-state index in [1.54, 1.807) is 0 Å². The van der Waals surface area contributed by atoms with E-state index in [2.05, 4.69) is 10.3 Å². The molecule has 3 nitrogen and oxygen atoms in total. The molecule has 0 bridgehead atoms. The van der Waals surface area contributed by atoms with Crippen LogP contribution >= 0.6 is 11.6 Å². The van der Waals surface area contributed by atoms with E-state index in [1.165, 1.54) is 12.1 Å². The predicted molar refractivity (Wildman–Crippen MR) is 63.5 cm³/mol. The zero-order valence-electron chi connectivity index (χ0n) is 9.25. The third-order valence-corrected chi connectivity index (χ3v) is 2.50. The van der Waals surface area contributed by atoms with Gasteiger partial charge in [-0.15, -0.1) is 0 Å². The second-order valence-electron chi connectivity index (χ2n) is 3.55. The fourth-order valence-corrected chi connectivity index (χ4v) is 1.51. The topological polar surface area (TPSA) is 42.0 Å².